The Bertz CT molecular complexity index is 692. The molecule has 5 nitrogen and oxygen atoms in total. The second-order valence-corrected chi connectivity index (χ2v) is 6.19. The number of amides is 3. The van der Waals surface area contributed by atoms with Crippen LogP contribution in [-0.2, 0) is 11.3 Å². The maximum atomic E-state index is 11.9. The minimum absolute atomic E-state index is 0.0740. The predicted octanol–water partition coefficient (Wildman–Crippen LogP) is 3.13. The molecule has 0 spiro atoms. The monoisotopic (exact) mass is 389 g/mol. The van der Waals surface area contributed by atoms with Crippen LogP contribution in [0.25, 0.3) is 0 Å². The first-order valence-corrected chi connectivity index (χ1v) is 8.45. The van der Waals surface area contributed by atoms with E-state index >= 15 is 0 Å². The zero-order valence-electron chi connectivity index (χ0n) is 13.4. The van der Waals surface area contributed by atoms with Crippen LogP contribution in [0, 0.1) is 0 Å². The Balaban J connectivity index is 1.72. The van der Waals surface area contributed by atoms with Crippen molar-refractivity contribution >= 4 is 27.9 Å². The molecule has 0 heterocycles. The molecular weight excluding hydrogens is 370 g/mol. The Morgan fingerprint density at radius 3 is 2.38 bits per heavy atom. The van der Waals surface area contributed by atoms with E-state index in [0.29, 0.717) is 6.54 Å². The molecule has 0 aliphatic rings. The second kappa shape index (κ2) is 9.08. The van der Waals surface area contributed by atoms with E-state index < -0.39 is 0 Å². The quantitative estimate of drug-likeness (QED) is 0.710. The van der Waals surface area contributed by atoms with Gasteiger partial charge in [0.1, 0.15) is 0 Å². The molecule has 0 fully saturated rings. The van der Waals surface area contributed by atoms with Crippen LogP contribution in [0.2, 0.25) is 0 Å². The summed E-state index contributed by atoms with van der Waals surface area (Å²) in [5.74, 6) is -0.242. The molecule has 0 bridgehead atoms. The molecule has 0 saturated carbocycles. The molecule has 2 rings (SSSR count). The van der Waals surface area contributed by atoms with Crippen LogP contribution in [0.5, 0.6) is 0 Å². The highest BCUT2D eigenvalue weighted by Gasteiger charge is 2.12. The average Bonchev–Trinajstić information content (AvgIpc) is 2.59. The van der Waals surface area contributed by atoms with Crippen molar-refractivity contribution in [1.82, 2.24) is 16.0 Å². The van der Waals surface area contributed by atoms with Gasteiger partial charge in [-0.05, 0) is 24.1 Å². The molecule has 0 aliphatic carbocycles. The molecule has 0 aliphatic heterocycles. The van der Waals surface area contributed by atoms with Crippen LogP contribution in [0.1, 0.15) is 24.1 Å². The molecule has 1 atom stereocenters. The average molecular weight is 390 g/mol. The smallest absolute Gasteiger partial charge is 0.315 e. The molecule has 126 valence electrons. The third kappa shape index (κ3) is 5.70. The van der Waals surface area contributed by atoms with E-state index in [0.717, 1.165) is 15.6 Å². The summed E-state index contributed by atoms with van der Waals surface area (Å²) >= 11 is 3.46. The fourth-order valence-electron chi connectivity index (χ4n) is 2.20. The predicted molar refractivity (Wildman–Crippen MR) is 97.4 cm³/mol. The summed E-state index contributed by atoms with van der Waals surface area (Å²) in [5, 5.41) is 8.12. The van der Waals surface area contributed by atoms with Crippen molar-refractivity contribution in [3.8, 4) is 0 Å². The summed E-state index contributed by atoms with van der Waals surface area (Å²) in [6.45, 7) is 2.24. The van der Waals surface area contributed by atoms with Gasteiger partial charge in [0.2, 0.25) is 5.91 Å². The summed E-state index contributed by atoms with van der Waals surface area (Å²) in [6.07, 6.45) is 0. The largest absolute Gasteiger partial charge is 0.348 e. The molecule has 3 N–H and O–H groups in total. The minimum Gasteiger partial charge on any atom is -0.348 e. The van der Waals surface area contributed by atoms with Gasteiger partial charge in [-0.1, -0.05) is 64.5 Å². The van der Waals surface area contributed by atoms with Crippen LogP contribution in [0.4, 0.5) is 4.79 Å². The minimum atomic E-state index is -0.373. The molecule has 0 aromatic heterocycles. The Labute approximate surface area is 150 Å². The van der Waals surface area contributed by atoms with Gasteiger partial charge in [-0.2, -0.15) is 0 Å². The molecule has 3 amide bonds. The highest BCUT2D eigenvalue weighted by Crippen LogP contribution is 2.22. The van der Waals surface area contributed by atoms with Crippen LogP contribution >= 0.6 is 15.9 Å². The molecule has 6 heteroatoms. The van der Waals surface area contributed by atoms with Crippen molar-refractivity contribution in [3.63, 3.8) is 0 Å². The highest BCUT2D eigenvalue weighted by atomic mass is 79.9. The van der Waals surface area contributed by atoms with E-state index in [-0.39, 0.29) is 24.5 Å². The number of hydrogen-bond acceptors (Lipinski definition) is 2. The molecule has 2 aromatic carbocycles. The van der Waals surface area contributed by atoms with Gasteiger partial charge in [0.25, 0.3) is 0 Å². The molecule has 0 unspecified atom stereocenters. The second-order valence-electron chi connectivity index (χ2n) is 5.33. The Morgan fingerprint density at radius 2 is 1.67 bits per heavy atom. The number of carbonyl (C=O) groups excluding carboxylic acids is 2. The van der Waals surface area contributed by atoms with Crippen molar-refractivity contribution in [2.45, 2.75) is 19.5 Å². The first-order valence-electron chi connectivity index (χ1n) is 7.65. The lowest BCUT2D eigenvalue weighted by Gasteiger charge is -2.16. The van der Waals surface area contributed by atoms with Gasteiger partial charge < -0.3 is 16.0 Å². The van der Waals surface area contributed by atoms with Crippen LogP contribution in [0.3, 0.4) is 0 Å². The summed E-state index contributed by atoms with van der Waals surface area (Å²) in [7, 11) is 0. The summed E-state index contributed by atoms with van der Waals surface area (Å²) in [6, 6.07) is 16.8. The number of benzene rings is 2. The van der Waals surface area contributed by atoms with Gasteiger partial charge in [0.15, 0.2) is 0 Å². The summed E-state index contributed by atoms with van der Waals surface area (Å²) < 4.78 is 0.936. The van der Waals surface area contributed by atoms with Gasteiger partial charge in [0, 0.05) is 11.0 Å². The molecular formula is C18H20BrN3O2. The van der Waals surface area contributed by atoms with E-state index in [1.165, 1.54) is 0 Å². The standard InChI is InChI=1S/C18H20BrN3O2/c1-13(15-9-5-6-10-16(15)19)22-17(23)12-21-18(24)20-11-14-7-3-2-4-8-14/h2-10,13H,11-12H2,1H3,(H,22,23)(H2,20,21,24)/t13-/m0/s1. The lowest BCUT2D eigenvalue weighted by atomic mass is 10.1. The SMILES string of the molecule is C[C@H](NC(=O)CNC(=O)NCc1ccccc1)c1ccccc1Br. The van der Waals surface area contributed by atoms with E-state index in [4.69, 9.17) is 0 Å². The maximum absolute atomic E-state index is 11.9. The summed E-state index contributed by atoms with van der Waals surface area (Å²) in [4.78, 5) is 23.7. The van der Waals surface area contributed by atoms with Crippen LogP contribution < -0.4 is 16.0 Å². The highest BCUT2D eigenvalue weighted by molar-refractivity contribution is 9.10. The summed E-state index contributed by atoms with van der Waals surface area (Å²) in [5.41, 5.74) is 1.99. The van der Waals surface area contributed by atoms with Gasteiger partial charge in [-0.25, -0.2) is 4.79 Å². The zero-order valence-corrected chi connectivity index (χ0v) is 15.0. The van der Waals surface area contributed by atoms with Crippen molar-refractivity contribution in [1.29, 1.82) is 0 Å². The van der Waals surface area contributed by atoms with Crippen LogP contribution in [-0.4, -0.2) is 18.5 Å². The van der Waals surface area contributed by atoms with Crippen molar-refractivity contribution in [2.24, 2.45) is 0 Å². The van der Waals surface area contributed by atoms with Crippen molar-refractivity contribution in [2.75, 3.05) is 6.54 Å². The molecule has 0 radical (unpaired) electrons. The van der Waals surface area contributed by atoms with E-state index in [2.05, 4.69) is 31.9 Å². The van der Waals surface area contributed by atoms with Crippen molar-refractivity contribution < 1.29 is 9.59 Å². The third-order valence-electron chi connectivity index (χ3n) is 3.45. The Hall–Kier alpha value is -2.34. The third-order valence-corrected chi connectivity index (χ3v) is 4.18. The van der Waals surface area contributed by atoms with E-state index in [1.54, 1.807) is 0 Å². The number of hydrogen-bond donors (Lipinski definition) is 3. The molecule has 2 aromatic rings. The zero-order chi connectivity index (χ0) is 17.4. The Morgan fingerprint density at radius 1 is 1.00 bits per heavy atom. The first-order chi connectivity index (χ1) is 11.6. The van der Waals surface area contributed by atoms with Gasteiger partial charge in [0.05, 0.1) is 12.6 Å². The molecule has 24 heavy (non-hydrogen) atoms. The van der Waals surface area contributed by atoms with Crippen LogP contribution in [0.15, 0.2) is 59.1 Å². The van der Waals surface area contributed by atoms with Gasteiger partial charge >= 0.3 is 6.03 Å². The van der Waals surface area contributed by atoms with E-state index in [9.17, 15) is 9.59 Å². The normalized spacial score (nSPS) is 11.4. The fraction of sp³-hybridized carbons (Fsp3) is 0.222. The first kappa shape index (κ1) is 18.0. The number of rotatable bonds is 6. The maximum Gasteiger partial charge on any atom is 0.315 e. The topological polar surface area (TPSA) is 70.2 Å². The number of urea groups is 1. The number of nitrogens with one attached hydrogen (secondary N) is 3. The van der Waals surface area contributed by atoms with Gasteiger partial charge in [-0.15, -0.1) is 0 Å². The van der Waals surface area contributed by atoms with Gasteiger partial charge in [-0.3, -0.25) is 4.79 Å². The van der Waals surface area contributed by atoms with E-state index in [1.807, 2.05) is 61.5 Å². The Kier molecular flexibility index (Phi) is 6.81. The lowest BCUT2D eigenvalue weighted by molar-refractivity contribution is -0.120. The molecule has 0 saturated heterocycles. The fourth-order valence-corrected chi connectivity index (χ4v) is 2.83. The lowest BCUT2D eigenvalue weighted by Crippen LogP contribution is -2.42. The van der Waals surface area contributed by atoms with Crippen molar-refractivity contribution in [3.05, 3.63) is 70.2 Å². The number of carbonyl (C=O) groups is 2. The number of halogens is 1.